The Hall–Kier alpha value is -3.77. The summed E-state index contributed by atoms with van der Waals surface area (Å²) in [5.41, 5.74) is 0.556. The Bertz CT molecular complexity index is 1120. The van der Waals surface area contributed by atoms with Gasteiger partial charge in [-0.25, -0.2) is 9.59 Å². The maximum absolute atomic E-state index is 12.7. The Morgan fingerprint density at radius 1 is 1.16 bits per heavy atom. The van der Waals surface area contributed by atoms with Crippen molar-refractivity contribution in [3.05, 3.63) is 76.5 Å². The average molecular weight is 436 g/mol. The zero-order valence-electron chi connectivity index (χ0n) is 16.2. The molecule has 8 nitrogen and oxygen atoms in total. The second kappa shape index (κ2) is 8.16. The predicted molar refractivity (Wildman–Crippen MR) is 109 cm³/mol. The van der Waals surface area contributed by atoms with E-state index in [1.54, 1.807) is 61.5 Å². The van der Waals surface area contributed by atoms with Crippen LogP contribution in [0.1, 0.15) is 22.8 Å². The molecule has 3 atom stereocenters. The van der Waals surface area contributed by atoms with Crippen molar-refractivity contribution in [2.24, 2.45) is 5.92 Å². The minimum atomic E-state index is -1.29. The Labute approximate surface area is 181 Å². The van der Waals surface area contributed by atoms with Crippen LogP contribution in [0.2, 0.25) is 0 Å². The molecular weight excluding hydrogens is 420 g/mol. The lowest BCUT2D eigenvalue weighted by atomic mass is 9.92. The van der Waals surface area contributed by atoms with Crippen LogP contribution in [-0.4, -0.2) is 39.3 Å². The highest BCUT2D eigenvalue weighted by atomic mass is 32.2. The third-order valence-electron chi connectivity index (χ3n) is 4.95. The molecule has 0 aromatic heterocycles. The number of carbonyl (C=O) groups excluding carboxylic acids is 2. The normalized spacial score (nSPS) is 20.4. The topological polar surface area (TPSA) is 117 Å². The summed E-state index contributed by atoms with van der Waals surface area (Å²) in [6, 6.07) is 16.6. The van der Waals surface area contributed by atoms with E-state index in [0.717, 1.165) is 16.7 Å². The molecule has 0 spiro atoms. The van der Waals surface area contributed by atoms with Crippen molar-refractivity contribution >= 4 is 29.6 Å². The van der Waals surface area contributed by atoms with E-state index in [9.17, 15) is 19.5 Å². The molecule has 1 unspecified atom stereocenters. The van der Waals surface area contributed by atoms with Crippen molar-refractivity contribution < 1.29 is 29.0 Å². The first kappa shape index (κ1) is 20.5. The van der Waals surface area contributed by atoms with E-state index in [1.807, 2.05) is 6.07 Å². The van der Waals surface area contributed by atoms with E-state index in [-0.39, 0.29) is 10.8 Å². The van der Waals surface area contributed by atoms with Crippen molar-refractivity contribution in [3.8, 4) is 11.8 Å². The molecule has 1 amide bonds. The van der Waals surface area contributed by atoms with Crippen LogP contribution in [0.3, 0.4) is 0 Å². The Kier molecular flexibility index (Phi) is 5.40. The van der Waals surface area contributed by atoms with Gasteiger partial charge in [-0.1, -0.05) is 30.0 Å². The van der Waals surface area contributed by atoms with Crippen molar-refractivity contribution in [2.75, 3.05) is 0 Å². The third kappa shape index (κ3) is 3.73. The molecular formula is C22H16N2O6S. The van der Waals surface area contributed by atoms with Gasteiger partial charge in [0.2, 0.25) is 5.91 Å². The number of β-lactam (4-membered cyclic amide) rings is 1. The number of fused-ring (bicyclic) bond motifs is 1. The Balaban J connectivity index is 1.49. The van der Waals surface area contributed by atoms with Crippen molar-refractivity contribution in [3.63, 3.8) is 0 Å². The molecule has 2 aliphatic heterocycles. The fraction of sp³-hybridized carbons (Fsp3) is 0.182. The first-order valence-electron chi connectivity index (χ1n) is 9.32. The zero-order chi connectivity index (χ0) is 22.1. The van der Waals surface area contributed by atoms with Crippen LogP contribution >= 0.6 is 11.8 Å². The Morgan fingerprint density at radius 2 is 1.84 bits per heavy atom. The number of hydrogen-bond donors (Lipinski definition) is 1. The van der Waals surface area contributed by atoms with E-state index in [0.29, 0.717) is 16.9 Å². The number of rotatable bonds is 6. The maximum Gasteiger partial charge on any atom is 0.357 e. The summed E-state index contributed by atoms with van der Waals surface area (Å²) in [6.07, 6.45) is -0.752. The van der Waals surface area contributed by atoms with Crippen LogP contribution in [0.5, 0.6) is 5.75 Å². The largest absolute Gasteiger partial charge is 0.476 e. The number of hydrogen-bond acceptors (Lipinski definition) is 7. The quantitative estimate of drug-likeness (QED) is 0.543. The van der Waals surface area contributed by atoms with Crippen LogP contribution in [0, 0.1) is 17.2 Å². The summed E-state index contributed by atoms with van der Waals surface area (Å²) < 4.78 is 11.2. The van der Waals surface area contributed by atoms with Gasteiger partial charge in [0.15, 0.2) is 10.8 Å². The summed E-state index contributed by atoms with van der Waals surface area (Å²) >= 11 is 1.09. The molecule has 0 aliphatic carbocycles. The molecule has 0 saturated carbocycles. The highest BCUT2D eigenvalue weighted by Gasteiger charge is 2.59. The summed E-state index contributed by atoms with van der Waals surface area (Å²) in [5.74, 6) is -2.65. The number of aliphatic carboxylic acids is 1. The van der Waals surface area contributed by atoms with Gasteiger partial charge in [-0.2, -0.15) is 5.26 Å². The maximum atomic E-state index is 12.7. The van der Waals surface area contributed by atoms with Crippen molar-refractivity contribution in [1.29, 1.82) is 5.26 Å². The average Bonchev–Trinajstić information content (AvgIpc) is 3.09. The zero-order valence-corrected chi connectivity index (χ0v) is 17.0. The van der Waals surface area contributed by atoms with Gasteiger partial charge in [0, 0.05) is 0 Å². The number of amides is 1. The van der Waals surface area contributed by atoms with E-state index in [1.165, 1.54) is 0 Å². The molecule has 2 aliphatic rings. The highest BCUT2D eigenvalue weighted by molar-refractivity contribution is 8.03. The molecule has 2 aromatic carbocycles. The van der Waals surface area contributed by atoms with Crippen LogP contribution in [0.25, 0.3) is 0 Å². The SMILES string of the molecule is C[C@@H](OC(=O)c1ccccc1)[C@H]1C(=O)N2C(C(=O)O)=C(Oc3ccc(C#N)cc3)SC12. The summed E-state index contributed by atoms with van der Waals surface area (Å²) in [6.45, 7) is 1.61. The lowest BCUT2D eigenvalue weighted by Crippen LogP contribution is -2.61. The monoisotopic (exact) mass is 436 g/mol. The Morgan fingerprint density at radius 3 is 2.45 bits per heavy atom. The van der Waals surface area contributed by atoms with Gasteiger partial charge in [-0.3, -0.25) is 9.69 Å². The second-order valence-corrected chi connectivity index (χ2v) is 7.99. The lowest BCUT2D eigenvalue weighted by molar-refractivity contribution is -0.157. The highest BCUT2D eigenvalue weighted by Crippen LogP contribution is 2.51. The minimum absolute atomic E-state index is 0.0691. The predicted octanol–water partition coefficient (Wildman–Crippen LogP) is 2.97. The number of carbonyl (C=O) groups is 3. The number of ether oxygens (including phenoxy) is 2. The number of benzene rings is 2. The van der Waals surface area contributed by atoms with E-state index >= 15 is 0 Å². The van der Waals surface area contributed by atoms with Crippen LogP contribution in [-0.2, 0) is 14.3 Å². The van der Waals surface area contributed by atoms with Gasteiger partial charge < -0.3 is 14.6 Å². The van der Waals surface area contributed by atoms with Crippen molar-refractivity contribution in [1.82, 2.24) is 4.90 Å². The van der Waals surface area contributed by atoms with E-state index in [2.05, 4.69) is 0 Å². The summed E-state index contributed by atoms with van der Waals surface area (Å²) in [4.78, 5) is 38.0. The van der Waals surface area contributed by atoms with Gasteiger partial charge in [-0.15, -0.1) is 0 Å². The molecule has 2 heterocycles. The van der Waals surface area contributed by atoms with Crippen LogP contribution in [0.15, 0.2) is 65.4 Å². The van der Waals surface area contributed by atoms with Crippen molar-refractivity contribution in [2.45, 2.75) is 18.4 Å². The second-order valence-electron chi connectivity index (χ2n) is 6.90. The molecule has 4 rings (SSSR count). The van der Waals surface area contributed by atoms with Gasteiger partial charge in [0.25, 0.3) is 0 Å². The number of nitrogens with zero attached hydrogens (tertiary/aromatic N) is 2. The molecule has 9 heteroatoms. The van der Waals surface area contributed by atoms with Gasteiger partial charge in [0.1, 0.15) is 23.1 Å². The van der Waals surface area contributed by atoms with Crippen LogP contribution in [0.4, 0.5) is 0 Å². The fourth-order valence-corrected chi connectivity index (χ4v) is 4.86. The van der Waals surface area contributed by atoms with E-state index < -0.39 is 35.2 Å². The van der Waals surface area contributed by atoms with Crippen LogP contribution < -0.4 is 4.74 Å². The number of carboxylic acids is 1. The minimum Gasteiger partial charge on any atom is -0.476 e. The first-order valence-corrected chi connectivity index (χ1v) is 10.2. The fourth-order valence-electron chi connectivity index (χ4n) is 3.40. The first-order chi connectivity index (χ1) is 14.9. The number of carboxylic acid groups (broad SMARTS) is 1. The number of esters is 1. The molecule has 1 fully saturated rings. The molecule has 156 valence electrons. The smallest absolute Gasteiger partial charge is 0.357 e. The third-order valence-corrected chi connectivity index (χ3v) is 6.19. The van der Waals surface area contributed by atoms with Gasteiger partial charge in [0.05, 0.1) is 17.2 Å². The standard InChI is InChI=1S/C22H16N2O6S/c1-12(29-21(28)14-5-3-2-4-6-14)16-18(25)24-17(20(26)27)22(31-19(16)24)30-15-9-7-13(11-23)8-10-15/h2-10,12,16,19H,1H3,(H,26,27)/t12-,16+,19?/m1/s1. The van der Waals surface area contributed by atoms with Gasteiger partial charge in [-0.05, 0) is 43.3 Å². The summed E-state index contributed by atoms with van der Waals surface area (Å²) in [5, 5.41) is 18.0. The number of thioether (sulfide) groups is 1. The molecule has 0 radical (unpaired) electrons. The molecule has 2 aromatic rings. The lowest BCUT2D eigenvalue weighted by Gasteiger charge is -2.43. The van der Waals surface area contributed by atoms with E-state index in [4.69, 9.17) is 14.7 Å². The summed E-state index contributed by atoms with van der Waals surface area (Å²) in [7, 11) is 0. The molecule has 0 bridgehead atoms. The van der Waals surface area contributed by atoms with Gasteiger partial charge >= 0.3 is 11.9 Å². The molecule has 1 N–H and O–H groups in total. The number of nitriles is 1. The molecule has 31 heavy (non-hydrogen) atoms. The molecule has 1 saturated heterocycles.